The maximum atomic E-state index is 13.9. The molecule has 2 bridgehead atoms. The minimum atomic E-state index is -1.49. The maximum Gasteiger partial charge on any atom is 0.257 e. The van der Waals surface area contributed by atoms with E-state index in [0.717, 1.165) is 42.7 Å². The molecule has 6 nitrogen and oxygen atoms in total. The first-order valence-electron chi connectivity index (χ1n) is 9.74. The van der Waals surface area contributed by atoms with Crippen LogP contribution in [0.4, 0.5) is 13.2 Å². The van der Waals surface area contributed by atoms with Crippen molar-refractivity contribution in [2.45, 2.75) is 37.8 Å². The minimum absolute atomic E-state index is 0.0675. The topological polar surface area (TPSA) is 63.9 Å². The van der Waals surface area contributed by atoms with Gasteiger partial charge in [-0.25, -0.2) is 23.1 Å². The number of benzene rings is 1. The standard InChI is InChI=1S/C21H18F3N5O/c1-28-20(11-5-15(22)18(24)16(23)6-11)14-7-13-3-2-4-17(19(14)27-28)29(13)21(30)12-8-25-10-26-9-12/h5-6,8-10,13,17H,2-4,7H2,1H3/t13-,17+/m0/s1. The van der Waals surface area contributed by atoms with Gasteiger partial charge in [0.05, 0.1) is 23.0 Å². The molecule has 30 heavy (non-hydrogen) atoms. The fraction of sp³-hybridized carbons (Fsp3) is 0.333. The Morgan fingerprint density at radius 2 is 1.80 bits per heavy atom. The normalized spacial score (nSPS) is 20.2. The molecule has 3 aromatic rings. The summed E-state index contributed by atoms with van der Waals surface area (Å²) in [4.78, 5) is 22.9. The molecule has 0 N–H and O–H groups in total. The van der Waals surface area contributed by atoms with Crippen LogP contribution in [0, 0.1) is 17.5 Å². The second kappa shape index (κ2) is 6.93. The van der Waals surface area contributed by atoms with Crippen LogP contribution in [0.1, 0.15) is 46.9 Å². The summed E-state index contributed by atoms with van der Waals surface area (Å²) < 4.78 is 42.8. The summed E-state index contributed by atoms with van der Waals surface area (Å²) in [6, 6.07) is 1.67. The molecule has 1 amide bonds. The monoisotopic (exact) mass is 413 g/mol. The van der Waals surface area contributed by atoms with E-state index in [1.165, 1.54) is 18.7 Å². The quantitative estimate of drug-likeness (QED) is 0.603. The second-order valence-corrected chi connectivity index (χ2v) is 7.73. The van der Waals surface area contributed by atoms with Crippen LogP contribution in [0.2, 0.25) is 0 Å². The first-order valence-corrected chi connectivity index (χ1v) is 9.74. The van der Waals surface area contributed by atoms with Gasteiger partial charge >= 0.3 is 0 Å². The lowest BCUT2D eigenvalue weighted by atomic mass is 9.81. The highest BCUT2D eigenvalue weighted by Crippen LogP contribution is 2.45. The number of aryl methyl sites for hydroxylation is 1. The van der Waals surface area contributed by atoms with Crippen molar-refractivity contribution in [2.75, 3.05) is 0 Å². The van der Waals surface area contributed by atoms with Crippen LogP contribution in [0.25, 0.3) is 11.3 Å². The Balaban J connectivity index is 1.60. The van der Waals surface area contributed by atoms with Gasteiger partial charge in [-0.1, -0.05) is 0 Å². The van der Waals surface area contributed by atoms with E-state index in [-0.39, 0.29) is 23.6 Å². The summed E-state index contributed by atoms with van der Waals surface area (Å²) in [7, 11) is 1.69. The van der Waals surface area contributed by atoms with E-state index < -0.39 is 17.5 Å². The predicted octanol–water partition coefficient (Wildman–Crippen LogP) is 3.59. The molecule has 0 spiro atoms. The molecule has 9 heteroatoms. The lowest BCUT2D eigenvalue weighted by Crippen LogP contribution is -2.49. The third-order valence-electron chi connectivity index (χ3n) is 5.98. The van der Waals surface area contributed by atoms with Crippen LogP contribution in [-0.4, -0.2) is 36.6 Å². The Labute approximate surface area is 170 Å². The van der Waals surface area contributed by atoms with Gasteiger partial charge < -0.3 is 4.90 Å². The SMILES string of the molecule is Cn1nc2c(c1-c1cc(F)c(F)c(F)c1)C[C@@H]1CCC[C@H]2N1C(=O)c1cncnc1. The van der Waals surface area contributed by atoms with E-state index in [1.807, 2.05) is 4.90 Å². The minimum Gasteiger partial charge on any atom is -0.327 e. The summed E-state index contributed by atoms with van der Waals surface area (Å²) in [5.74, 6) is -4.12. The molecule has 2 aliphatic heterocycles. The van der Waals surface area contributed by atoms with E-state index in [2.05, 4.69) is 15.1 Å². The van der Waals surface area contributed by atoms with Gasteiger partial charge in [0, 0.05) is 36.6 Å². The van der Waals surface area contributed by atoms with E-state index in [4.69, 9.17) is 0 Å². The number of fused-ring (bicyclic) bond motifs is 4. The molecule has 0 unspecified atom stereocenters. The molecule has 1 aromatic carbocycles. The van der Waals surface area contributed by atoms with Crippen LogP contribution >= 0.6 is 0 Å². The molecule has 2 aromatic heterocycles. The molecule has 1 fully saturated rings. The van der Waals surface area contributed by atoms with Crippen molar-refractivity contribution in [3.63, 3.8) is 0 Å². The van der Waals surface area contributed by atoms with Crippen LogP contribution in [0.15, 0.2) is 30.9 Å². The van der Waals surface area contributed by atoms with Gasteiger partial charge in [0.15, 0.2) is 17.5 Å². The summed E-state index contributed by atoms with van der Waals surface area (Å²) in [6.07, 6.45) is 7.38. The molecule has 0 aliphatic carbocycles. The van der Waals surface area contributed by atoms with Crippen LogP contribution in [0.3, 0.4) is 0 Å². The Morgan fingerprint density at radius 3 is 2.50 bits per heavy atom. The molecule has 0 radical (unpaired) electrons. The van der Waals surface area contributed by atoms with Gasteiger partial charge in [0.1, 0.15) is 6.33 Å². The van der Waals surface area contributed by atoms with Crippen LogP contribution < -0.4 is 0 Å². The number of carbonyl (C=O) groups excluding carboxylic acids is 1. The Morgan fingerprint density at radius 1 is 1.10 bits per heavy atom. The zero-order valence-corrected chi connectivity index (χ0v) is 16.1. The van der Waals surface area contributed by atoms with Crippen molar-refractivity contribution in [3.8, 4) is 11.3 Å². The number of nitrogens with zero attached hydrogens (tertiary/aromatic N) is 5. The average Bonchev–Trinajstić information content (AvgIpc) is 3.07. The van der Waals surface area contributed by atoms with Gasteiger partial charge in [-0.15, -0.1) is 0 Å². The number of halogens is 3. The van der Waals surface area contributed by atoms with E-state index in [9.17, 15) is 18.0 Å². The maximum absolute atomic E-state index is 13.9. The first-order chi connectivity index (χ1) is 14.5. The van der Waals surface area contributed by atoms with E-state index in [0.29, 0.717) is 17.7 Å². The number of carbonyl (C=O) groups is 1. The molecule has 2 aliphatic rings. The summed E-state index contributed by atoms with van der Waals surface area (Å²) >= 11 is 0. The summed E-state index contributed by atoms with van der Waals surface area (Å²) in [5.41, 5.74) is 2.77. The third kappa shape index (κ3) is 2.79. The third-order valence-corrected chi connectivity index (χ3v) is 5.98. The lowest BCUT2D eigenvalue weighted by Gasteiger charge is -2.45. The van der Waals surface area contributed by atoms with Crippen molar-refractivity contribution in [2.24, 2.45) is 7.05 Å². The molecule has 154 valence electrons. The largest absolute Gasteiger partial charge is 0.327 e. The lowest BCUT2D eigenvalue weighted by molar-refractivity contribution is 0.0391. The van der Waals surface area contributed by atoms with E-state index >= 15 is 0 Å². The molecule has 1 saturated heterocycles. The van der Waals surface area contributed by atoms with Gasteiger partial charge in [0.2, 0.25) is 0 Å². The number of piperidine rings is 1. The average molecular weight is 413 g/mol. The van der Waals surface area contributed by atoms with Gasteiger partial charge in [-0.2, -0.15) is 5.10 Å². The highest BCUT2D eigenvalue weighted by molar-refractivity contribution is 5.94. The number of hydrogen-bond acceptors (Lipinski definition) is 4. The zero-order chi connectivity index (χ0) is 21.0. The molecular formula is C21H18F3N5O. The highest BCUT2D eigenvalue weighted by atomic mass is 19.2. The Bertz CT molecular complexity index is 1120. The molecule has 2 atom stereocenters. The zero-order valence-electron chi connectivity index (χ0n) is 16.1. The number of rotatable bonds is 2. The van der Waals surface area contributed by atoms with Gasteiger partial charge in [-0.05, 0) is 37.8 Å². The van der Waals surface area contributed by atoms with Crippen molar-refractivity contribution < 1.29 is 18.0 Å². The number of hydrogen-bond donors (Lipinski definition) is 0. The predicted molar refractivity (Wildman–Crippen MR) is 101 cm³/mol. The highest BCUT2D eigenvalue weighted by Gasteiger charge is 2.43. The smallest absolute Gasteiger partial charge is 0.257 e. The Kier molecular flexibility index (Phi) is 4.34. The van der Waals surface area contributed by atoms with Crippen LogP contribution in [0.5, 0.6) is 0 Å². The van der Waals surface area contributed by atoms with Crippen LogP contribution in [-0.2, 0) is 13.5 Å². The fourth-order valence-corrected chi connectivity index (χ4v) is 4.76. The van der Waals surface area contributed by atoms with Gasteiger partial charge in [0.25, 0.3) is 5.91 Å². The van der Waals surface area contributed by atoms with Crippen molar-refractivity contribution in [1.82, 2.24) is 24.6 Å². The first kappa shape index (κ1) is 18.8. The molecule has 5 rings (SSSR count). The van der Waals surface area contributed by atoms with Crippen molar-refractivity contribution in [3.05, 3.63) is 65.1 Å². The van der Waals surface area contributed by atoms with E-state index in [1.54, 1.807) is 11.7 Å². The van der Waals surface area contributed by atoms with Gasteiger partial charge in [-0.3, -0.25) is 9.48 Å². The Hall–Kier alpha value is -3.23. The molecular weight excluding hydrogens is 395 g/mol. The second-order valence-electron chi connectivity index (χ2n) is 7.73. The van der Waals surface area contributed by atoms with Crippen molar-refractivity contribution >= 4 is 5.91 Å². The number of amides is 1. The van der Waals surface area contributed by atoms with Crippen molar-refractivity contribution in [1.29, 1.82) is 0 Å². The molecule has 0 saturated carbocycles. The summed E-state index contributed by atoms with van der Waals surface area (Å²) in [5, 5.41) is 4.61. The number of aromatic nitrogens is 4. The fourth-order valence-electron chi connectivity index (χ4n) is 4.76. The summed E-state index contributed by atoms with van der Waals surface area (Å²) in [6.45, 7) is 0. The molecule has 4 heterocycles.